The number of allylic oxidation sites excluding steroid dienone is 4. The van der Waals surface area contributed by atoms with Gasteiger partial charge in [0.15, 0.2) is 0 Å². The van der Waals surface area contributed by atoms with Gasteiger partial charge in [-0.1, -0.05) is 0 Å². The van der Waals surface area contributed by atoms with Gasteiger partial charge in [-0.15, -0.1) is 0 Å². The molecule has 1 aliphatic carbocycles. The first-order chi connectivity index (χ1) is 7.87. The van der Waals surface area contributed by atoms with Gasteiger partial charge in [0.2, 0.25) is 0 Å². The van der Waals surface area contributed by atoms with Crippen LogP contribution in [0.25, 0.3) is 0 Å². The van der Waals surface area contributed by atoms with Crippen molar-refractivity contribution in [3.05, 3.63) is 59.2 Å². The van der Waals surface area contributed by atoms with Crippen molar-refractivity contribution in [2.24, 2.45) is 0 Å². The Labute approximate surface area is 153 Å². The molecule has 0 N–H and O–H groups in total. The predicted octanol–water partition coefficient (Wildman–Crippen LogP) is -4.58. The van der Waals surface area contributed by atoms with Crippen LogP contribution in [-0.2, 0) is 25.9 Å². The summed E-state index contributed by atoms with van der Waals surface area (Å²) in [6, 6.07) is 6.79. The van der Waals surface area contributed by atoms with Gasteiger partial charge in [-0.2, -0.15) is 0 Å². The number of hydrogen-bond acceptors (Lipinski definition) is 0. The Morgan fingerprint density at radius 2 is 1.45 bits per heavy atom. The van der Waals surface area contributed by atoms with E-state index in [1.54, 1.807) is 0 Å². The molecule has 0 bridgehead atoms. The predicted molar refractivity (Wildman–Crippen MR) is 69.9 cm³/mol. The van der Waals surface area contributed by atoms with Gasteiger partial charge in [-0.25, -0.2) is 0 Å². The Morgan fingerprint density at radius 3 is 1.90 bits per heavy atom. The van der Waals surface area contributed by atoms with Crippen molar-refractivity contribution in [3.63, 3.8) is 0 Å². The van der Waals surface area contributed by atoms with Gasteiger partial charge in [0.25, 0.3) is 0 Å². The van der Waals surface area contributed by atoms with Crippen LogP contribution in [0, 0.1) is 13.8 Å². The third kappa shape index (κ3) is 3.93. The molecule has 0 nitrogen and oxygen atoms in total. The van der Waals surface area contributed by atoms with Crippen molar-refractivity contribution in [2.45, 2.75) is 36.8 Å². The average molecular weight is 366 g/mol. The number of aryl methyl sites for hydroxylation is 2. The first-order valence-electron chi connectivity index (χ1n) is 6.07. The van der Waals surface area contributed by atoms with Crippen LogP contribution in [0.5, 0.6) is 0 Å². The third-order valence-electron chi connectivity index (χ3n) is 3.92. The van der Waals surface area contributed by atoms with Crippen LogP contribution < -0.4 is 37.2 Å². The third-order valence-corrected chi connectivity index (χ3v) is 5.42. The van der Waals surface area contributed by atoms with E-state index >= 15 is 0 Å². The van der Waals surface area contributed by atoms with E-state index in [4.69, 9.17) is 0 Å². The van der Waals surface area contributed by atoms with Gasteiger partial charge in [-0.3, -0.25) is 0 Å². The summed E-state index contributed by atoms with van der Waals surface area (Å²) in [5, 5.41) is 0. The van der Waals surface area contributed by atoms with Crippen LogP contribution in [0.15, 0.2) is 42.5 Å². The molecular weight excluding hydrogens is 346 g/mol. The minimum absolute atomic E-state index is 0. The van der Waals surface area contributed by atoms with Crippen LogP contribution in [0.4, 0.5) is 0 Å². The maximum absolute atomic E-state index is 2.34. The van der Waals surface area contributed by atoms with E-state index in [-0.39, 0.29) is 46.4 Å². The second-order valence-corrected chi connectivity index (χ2v) is 6.82. The Balaban J connectivity index is 0. The Morgan fingerprint density at radius 1 is 0.950 bits per heavy atom. The molecule has 20 heavy (non-hydrogen) atoms. The van der Waals surface area contributed by atoms with E-state index < -0.39 is 0 Å². The zero-order valence-electron chi connectivity index (χ0n) is 12.2. The molecular formula is C16H19Cl3Ti. The number of benzene rings is 1. The van der Waals surface area contributed by atoms with E-state index in [0.29, 0.717) is 0 Å². The van der Waals surface area contributed by atoms with Crippen LogP contribution in [0.2, 0.25) is 3.72 Å². The molecule has 1 aromatic carbocycles. The van der Waals surface area contributed by atoms with Gasteiger partial charge in [-0.05, 0) is 0 Å². The van der Waals surface area contributed by atoms with Crippen LogP contribution >= 0.6 is 0 Å². The van der Waals surface area contributed by atoms with Crippen molar-refractivity contribution in [3.8, 4) is 0 Å². The minimum Gasteiger partial charge on any atom is -1.00 e. The smallest absolute Gasteiger partial charge is 1.00 e. The molecule has 1 aliphatic rings. The summed E-state index contributed by atoms with van der Waals surface area (Å²) in [6.45, 7) is 9.05. The molecule has 0 heterocycles. The second-order valence-electron chi connectivity index (χ2n) is 5.53. The van der Waals surface area contributed by atoms with Crippen LogP contribution in [0.1, 0.15) is 30.5 Å². The Kier molecular flexibility index (Phi) is 9.09. The molecule has 0 aromatic heterocycles. The monoisotopic (exact) mass is 364 g/mol. The Bertz CT molecular complexity index is 492. The molecule has 1 aromatic rings. The fraction of sp³-hybridized carbons (Fsp3) is 0.375. The summed E-state index contributed by atoms with van der Waals surface area (Å²) in [5.74, 6) is 0. The quantitative estimate of drug-likeness (QED) is 0.463. The van der Waals surface area contributed by atoms with Gasteiger partial charge in [0, 0.05) is 0 Å². The normalized spacial score (nSPS) is 15.1. The van der Waals surface area contributed by atoms with Gasteiger partial charge >= 0.3 is 116 Å². The first-order valence-corrected chi connectivity index (χ1v) is 6.85. The number of halogens is 3. The van der Waals surface area contributed by atoms with Crippen molar-refractivity contribution >= 4 is 0 Å². The number of rotatable bonds is 2. The number of hydrogen-bond donors (Lipinski definition) is 0. The van der Waals surface area contributed by atoms with Crippen molar-refractivity contribution in [2.75, 3.05) is 0 Å². The van der Waals surface area contributed by atoms with Crippen LogP contribution in [-0.4, -0.2) is 0 Å². The zero-order chi connectivity index (χ0) is 12.7. The van der Waals surface area contributed by atoms with Gasteiger partial charge < -0.3 is 37.2 Å². The molecule has 108 valence electrons. The fourth-order valence-corrected chi connectivity index (χ4v) is 3.14. The molecule has 0 saturated heterocycles. The van der Waals surface area contributed by atoms with E-state index in [2.05, 4.69) is 90.6 Å². The van der Waals surface area contributed by atoms with E-state index in [9.17, 15) is 0 Å². The molecule has 0 aliphatic heterocycles. The second kappa shape index (κ2) is 8.06. The zero-order valence-corrected chi connectivity index (χ0v) is 16.0. The Hall–Kier alpha value is 0.284. The van der Waals surface area contributed by atoms with Crippen molar-refractivity contribution in [1.82, 2.24) is 0 Å². The van der Waals surface area contributed by atoms with Gasteiger partial charge in [0.1, 0.15) is 0 Å². The topological polar surface area (TPSA) is 0 Å². The van der Waals surface area contributed by atoms with E-state index in [1.807, 2.05) is 0 Å². The average Bonchev–Trinajstić information content (AvgIpc) is 2.66. The molecule has 0 radical (unpaired) electrons. The minimum atomic E-state index is 0. The summed E-state index contributed by atoms with van der Waals surface area (Å²) in [5.41, 5.74) is 4.30. The SMILES string of the molecule is Cc1ccc(C(C)(C)[C]2([Ti+3])C=CC=C2)c(C)c1.[Cl-].[Cl-].[Cl-]. The fourth-order valence-electron chi connectivity index (χ4n) is 2.62. The summed E-state index contributed by atoms with van der Waals surface area (Å²) >= 11 is 2.31. The summed E-state index contributed by atoms with van der Waals surface area (Å²) < 4.78 is 0.118. The summed E-state index contributed by atoms with van der Waals surface area (Å²) in [6.07, 6.45) is 8.94. The standard InChI is InChI=1S/C16H19.3ClH.Ti/c1-12-9-10-15(13(2)11-12)16(3,4)14-7-5-6-8-14;;;;/h5-11H,1-4H3;3*1H;/q;;;;+3/p-3. The molecule has 0 unspecified atom stereocenters. The molecule has 2 rings (SSSR count). The summed E-state index contributed by atoms with van der Waals surface area (Å²) in [7, 11) is 0. The van der Waals surface area contributed by atoms with Crippen molar-refractivity contribution in [1.29, 1.82) is 0 Å². The molecule has 0 spiro atoms. The molecule has 0 amide bonds. The molecule has 4 heteroatoms. The first kappa shape index (κ1) is 22.6. The maximum atomic E-state index is 2.34. The molecule has 0 atom stereocenters. The summed E-state index contributed by atoms with van der Waals surface area (Å²) in [4.78, 5) is 0. The van der Waals surface area contributed by atoms with E-state index in [1.165, 1.54) is 16.7 Å². The van der Waals surface area contributed by atoms with Crippen LogP contribution in [0.3, 0.4) is 0 Å². The molecule has 0 fully saturated rings. The van der Waals surface area contributed by atoms with Gasteiger partial charge in [0.05, 0.1) is 0 Å². The molecule has 0 saturated carbocycles. The van der Waals surface area contributed by atoms with Crippen molar-refractivity contribution < 1.29 is 57.7 Å². The van der Waals surface area contributed by atoms with E-state index in [0.717, 1.165) is 0 Å². The maximum Gasteiger partial charge on any atom is -1.00 e. The largest absolute Gasteiger partial charge is 1.00 e.